The van der Waals surface area contributed by atoms with Gasteiger partial charge in [-0.25, -0.2) is 9.50 Å². The summed E-state index contributed by atoms with van der Waals surface area (Å²) >= 11 is 0. The molecule has 1 saturated heterocycles. The molecule has 2 aromatic rings. The van der Waals surface area contributed by atoms with E-state index in [2.05, 4.69) is 43.2 Å². The highest BCUT2D eigenvalue weighted by atomic mass is 15.3. The van der Waals surface area contributed by atoms with E-state index in [-0.39, 0.29) is 5.41 Å². The van der Waals surface area contributed by atoms with Crippen molar-refractivity contribution >= 4 is 5.65 Å². The molecule has 0 bridgehead atoms. The summed E-state index contributed by atoms with van der Waals surface area (Å²) in [7, 11) is 0. The molecule has 0 amide bonds. The Labute approximate surface area is 114 Å². The molecule has 0 aromatic carbocycles. The molecule has 19 heavy (non-hydrogen) atoms. The zero-order chi connectivity index (χ0) is 13.5. The maximum Gasteiger partial charge on any atom is 0.155 e. The Hall–Kier alpha value is -1.42. The first-order chi connectivity index (χ1) is 9.05. The van der Waals surface area contributed by atoms with Gasteiger partial charge in [-0.15, -0.1) is 0 Å². The molecule has 0 aliphatic carbocycles. The third-order valence-corrected chi connectivity index (χ3v) is 3.87. The van der Waals surface area contributed by atoms with Crippen LogP contribution in [0.3, 0.4) is 0 Å². The van der Waals surface area contributed by atoms with Gasteiger partial charge in [-0.05, 0) is 25.5 Å². The lowest BCUT2D eigenvalue weighted by Gasteiger charge is -2.23. The minimum absolute atomic E-state index is 0.0653. The van der Waals surface area contributed by atoms with E-state index in [1.54, 1.807) is 0 Å². The predicted octanol–water partition coefficient (Wildman–Crippen LogP) is 2.49. The Morgan fingerprint density at radius 3 is 2.89 bits per heavy atom. The van der Waals surface area contributed by atoms with Gasteiger partial charge >= 0.3 is 0 Å². The zero-order valence-corrected chi connectivity index (χ0v) is 12.0. The minimum Gasteiger partial charge on any atom is -0.316 e. The number of nitrogens with zero attached hydrogens (tertiary/aromatic N) is 3. The predicted molar refractivity (Wildman–Crippen MR) is 76.5 cm³/mol. The molecule has 1 aliphatic heterocycles. The second kappa shape index (κ2) is 4.60. The Bertz CT molecular complexity index is 573. The summed E-state index contributed by atoms with van der Waals surface area (Å²) in [6.07, 6.45) is 4.38. The second-order valence-electron chi connectivity index (χ2n) is 6.46. The fourth-order valence-electron chi connectivity index (χ4n) is 2.69. The number of aromatic nitrogens is 3. The third-order valence-electron chi connectivity index (χ3n) is 3.87. The minimum atomic E-state index is 0.0653. The van der Waals surface area contributed by atoms with Crippen molar-refractivity contribution in [3.63, 3.8) is 0 Å². The van der Waals surface area contributed by atoms with Gasteiger partial charge < -0.3 is 5.32 Å². The molecule has 0 saturated carbocycles. The van der Waals surface area contributed by atoms with Crippen molar-refractivity contribution in [2.75, 3.05) is 13.1 Å². The molecule has 4 heteroatoms. The van der Waals surface area contributed by atoms with E-state index in [4.69, 9.17) is 5.10 Å². The zero-order valence-electron chi connectivity index (χ0n) is 12.0. The fraction of sp³-hybridized carbons (Fsp3) is 0.600. The molecular formula is C15H22N4. The van der Waals surface area contributed by atoms with Gasteiger partial charge in [0.05, 0.1) is 11.4 Å². The topological polar surface area (TPSA) is 42.2 Å². The highest BCUT2D eigenvalue weighted by molar-refractivity contribution is 5.42. The van der Waals surface area contributed by atoms with Crippen LogP contribution in [0.5, 0.6) is 0 Å². The summed E-state index contributed by atoms with van der Waals surface area (Å²) < 4.78 is 2.04. The lowest BCUT2D eigenvalue weighted by Crippen LogP contribution is -2.29. The maximum atomic E-state index is 4.79. The number of hydrogen-bond donors (Lipinski definition) is 1. The van der Waals surface area contributed by atoms with Crippen molar-refractivity contribution in [1.82, 2.24) is 19.9 Å². The van der Waals surface area contributed by atoms with Crippen LogP contribution in [0.15, 0.2) is 18.3 Å². The second-order valence-corrected chi connectivity index (χ2v) is 6.46. The van der Waals surface area contributed by atoms with E-state index in [0.717, 1.165) is 24.4 Å². The van der Waals surface area contributed by atoms with E-state index in [9.17, 15) is 0 Å². The van der Waals surface area contributed by atoms with E-state index in [1.807, 2.05) is 10.7 Å². The van der Waals surface area contributed by atoms with Crippen LogP contribution in [0.4, 0.5) is 0 Å². The molecule has 1 atom stereocenters. The van der Waals surface area contributed by atoms with Crippen molar-refractivity contribution in [2.45, 2.75) is 44.9 Å². The third kappa shape index (κ3) is 2.37. The van der Waals surface area contributed by atoms with Crippen molar-refractivity contribution in [2.24, 2.45) is 0 Å². The van der Waals surface area contributed by atoms with Crippen LogP contribution in [0, 0.1) is 0 Å². The first-order valence-corrected chi connectivity index (χ1v) is 7.11. The van der Waals surface area contributed by atoms with Crippen LogP contribution in [0.1, 0.15) is 50.9 Å². The molecule has 2 aromatic heterocycles. The Balaban J connectivity index is 2.07. The molecule has 3 rings (SSSR count). The van der Waals surface area contributed by atoms with Gasteiger partial charge in [0.2, 0.25) is 0 Å². The number of piperidine rings is 1. The smallest absolute Gasteiger partial charge is 0.155 e. The molecule has 1 unspecified atom stereocenters. The Morgan fingerprint density at radius 1 is 1.37 bits per heavy atom. The SMILES string of the molecule is CC(C)(C)c1cc2nccc(C3CCCNC3)n2n1. The quantitative estimate of drug-likeness (QED) is 0.854. The van der Waals surface area contributed by atoms with E-state index in [0.29, 0.717) is 5.92 Å². The number of rotatable bonds is 1. The van der Waals surface area contributed by atoms with E-state index < -0.39 is 0 Å². The van der Waals surface area contributed by atoms with Gasteiger partial charge in [-0.2, -0.15) is 5.10 Å². The molecule has 0 radical (unpaired) electrons. The summed E-state index contributed by atoms with van der Waals surface area (Å²) in [5.41, 5.74) is 3.42. The molecule has 1 fully saturated rings. The van der Waals surface area contributed by atoms with Gasteiger partial charge in [0.15, 0.2) is 5.65 Å². The Morgan fingerprint density at radius 2 is 2.21 bits per heavy atom. The molecule has 0 spiro atoms. The van der Waals surface area contributed by atoms with Gasteiger partial charge in [-0.3, -0.25) is 0 Å². The van der Waals surface area contributed by atoms with Crippen LogP contribution in [0.2, 0.25) is 0 Å². The largest absolute Gasteiger partial charge is 0.316 e. The molecule has 102 valence electrons. The van der Waals surface area contributed by atoms with Crippen LogP contribution < -0.4 is 5.32 Å². The molecule has 4 nitrogen and oxygen atoms in total. The first-order valence-electron chi connectivity index (χ1n) is 7.11. The number of fused-ring (bicyclic) bond motifs is 1. The average Bonchev–Trinajstić information content (AvgIpc) is 2.83. The number of nitrogens with one attached hydrogen (secondary N) is 1. The highest BCUT2D eigenvalue weighted by Crippen LogP contribution is 2.26. The standard InChI is InChI=1S/C15H22N4/c1-15(2,3)13-9-14-17-8-6-12(19(14)18-13)11-5-4-7-16-10-11/h6,8-9,11,16H,4-5,7,10H2,1-3H3. The summed E-state index contributed by atoms with van der Waals surface area (Å²) in [6, 6.07) is 4.23. The van der Waals surface area contributed by atoms with Gasteiger partial charge in [-0.1, -0.05) is 20.8 Å². The summed E-state index contributed by atoms with van der Waals surface area (Å²) in [5.74, 6) is 0.548. The molecule has 1 N–H and O–H groups in total. The normalized spacial score (nSPS) is 20.9. The van der Waals surface area contributed by atoms with Gasteiger partial charge in [0.25, 0.3) is 0 Å². The van der Waals surface area contributed by atoms with Gasteiger partial charge in [0, 0.05) is 30.1 Å². The molecule has 3 heterocycles. The monoisotopic (exact) mass is 258 g/mol. The van der Waals surface area contributed by atoms with Crippen LogP contribution in [0.25, 0.3) is 5.65 Å². The van der Waals surface area contributed by atoms with Gasteiger partial charge in [0.1, 0.15) is 0 Å². The highest BCUT2D eigenvalue weighted by Gasteiger charge is 2.22. The van der Waals surface area contributed by atoms with E-state index in [1.165, 1.54) is 18.5 Å². The van der Waals surface area contributed by atoms with Crippen LogP contribution in [-0.2, 0) is 5.41 Å². The summed E-state index contributed by atoms with van der Waals surface area (Å²) in [5, 5.41) is 8.26. The van der Waals surface area contributed by atoms with E-state index >= 15 is 0 Å². The van der Waals surface area contributed by atoms with Crippen molar-refractivity contribution in [3.8, 4) is 0 Å². The summed E-state index contributed by atoms with van der Waals surface area (Å²) in [4.78, 5) is 4.45. The lowest BCUT2D eigenvalue weighted by molar-refractivity contribution is 0.446. The lowest BCUT2D eigenvalue weighted by atomic mass is 9.93. The first kappa shape index (κ1) is 12.6. The number of hydrogen-bond acceptors (Lipinski definition) is 3. The summed E-state index contributed by atoms with van der Waals surface area (Å²) in [6.45, 7) is 8.75. The van der Waals surface area contributed by atoms with Crippen molar-refractivity contribution in [1.29, 1.82) is 0 Å². The van der Waals surface area contributed by atoms with Crippen molar-refractivity contribution in [3.05, 3.63) is 29.7 Å². The fourth-order valence-corrected chi connectivity index (χ4v) is 2.69. The average molecular weight is 258 g/mol. The van der Waals surface area contributed by atoms with Crippen LogP contribution in [-0.4, -0.2) is 27.7 Å². The maximum absolute atomic E-state index is 4.79. The molecular weight excluding hydrogens is 236 g/mol. The van der Waals surface area contributed by atoms with Crippen LogP contribution >= 0.6 is 0 Å². The molecule has 1 aliphatic rings. The van der Waals surface area contributed by atoms with Crippen molar-refractivity contribution < 1.29 is 0 Å². The Kier molecular flexibility index (Phi) is 3.05.